The van der Waals surface area contributed by atoms with Gasteiger partial charge in [0.15, 0.2) is 0 Å². The van der Waals surface area contributed by atoms with Crippen LogP contribution in [0.1, 0.15) is 33.6 Å². The van der Waals surface area contributed by atoms with Gasteiger partial charge in [0.25, 0.3) is 0 Å². The molecule has 1 fully saturated rings. The van der Waals surface area contributed by atoms with Crippen LogP contribution in [0, 0.1) is 5.92 Å². The molecule has 16 heavy (non-hydrogen) atoms. The molecule has 1 saturated heterocycles. The second-order valence-electron chi connectivity index (χ2n) is 4.38. The molecule has 0 radical (unpaired) electrons. The summed E-state index contributed by atoms with van der Waals surface area (Å²) in [5.41, 5.74) is 0. The molecule has 2 unspecified atom stereocenters. The molecule has 96 valence electrons. The number of sulfonamides is 1. The average Bonchev–Trinajstić information content (AvgIpc) is 2.29. The van der Waals surface area contributed by atoms with Gasteiger partial charge in [0.05, 0.1) is 5.75 Å². The van der Waals surface area contributed by atoms with Crippen LogP contribution in [-0.4, -0.2) is 44.2 Å². The molecular formula is C11H24N2O2S. The van der Waals surface area contributed by atoms with E-state index >= 15 is 0 Å². The summed E-state index contributed by atoms with van der Waals surface area (Å²) in [6, 6.07) is 0.485. The zero-order valence-corrected chi connectivity index (χ0v) is 11.4. The van der Waals surface area contributed by atoms with Crippen molar-refractivity contribution >= 4 is 10.0 Å². The van der Waals surface area contributed by atoms with E-state index in [0.29, 0.717) is 25.0 Å². The van der Waals surface area contributed by atoms with Crippen molar-refractivity contribution in [3.05, 3.63) is 0 Å². The van der Waals surface area contributed by atoms with Gasteiger partial charge in [0.1, 0.15) is 0 Å². The first-order chi connectivity index (χ1) is 7.55. The molecule has 0 aliphatic carbocycles. The maximum atomic E-state index is 11.8. The minimum absolute atomic E-state index is 0.218. The fraction of sp³-hybridized carbons (Fsp3) is 1.00. The van der Waals surface area contributed by atoms with E-state index in [2.05, 4.69) is 19.2 Å². The predicted molar refractivity (Wildman–Crippen MR) is 66.9 cm³/mol. The second kappa shape index (κ2) is 5.98. The maximum Gasteiger partial charge on any atom is 0.213 e. The Morgan fingerprint density at radius 2 is 2.00 bits per heavy atom. The molecular weight excluding hydrogens is 224 g/mol. The fourth-order valence-electron chi connectivity index (χ4n) is 2.38. The Labute approximate surface area is 99.5 Å². The average molecular weight is 248 g/mol. The van der Waals surface area contributed by atoms with Gasteiger partial charge < -0.3 is 5.32 Å². The van der Waals surface area contributed by atoms with Crippen molar-refractivity contribution in [2.24, 2.45) is 5.92 Å². The summed E-state index contributed by atoms with van der Waals surface area (Å²) in [6.45, 7) is 8.27. The van der Waals surface area contributed by atoms with E-state index in [1.807, 2.05) is 0 Å². The summed E-state index contributed by atoms with van der Waals surface area (Å²) >= 11 is 0. The monoisotopic (exact) mass is 248 g/mol. The lowest BCUT2D eigenvalue weighted by atomic mass is 9.91. The van der Waals surface area contributed by atoms with Gasteiger partial charge in [-0.25, -0.2) is 12.7 Å². The van der Waals surface area contributed by atoms with Gasteiger partial charge in [0, 0.05) is 19.1 Å². The summed E-state index contributed by atoms with van der Waals surface area (Å²) in [7, 11) is -3.00. The summed E-state index contributed by atoms with van der Waals surface area (Å²) < 4.78 is 25.2. The summed E-state index contributed by atoms with van der Waals surface area (Å²) in [6.07, 6.45) is 1.97. The molecule has 2 atom stereocenters. The van der Waals surface area contributed by atoms with Crippen molar-refractivity contribution in [2.75, 3.05) is 25.4 Å². The first kappa shape index (κ1) is 13.9. The van der Waals surface area contributed by atoms with Gasteiger partial charge in [-0.05, 0) is 25.8 Å². The van der Waals surface area contributed by atoms with E-state index in [4.69, 9.17) is 0 Å². The van der Waals surface area contributed by atoms with E-state index in [9.17, 15) is 8.42 Å². The smallest absolute Gasteiger partial charge is 0.213 e. The molecule has 1 heterocycles. The SMILES string of the molecule is CCNC1CCN(S(=O)(=O)CC)CC1CC. The van der Waals surface area contributed by atoms with Crippen LogP contribution < -0.4 is 5.32 Å². The van der Waals surface area contributed by atoms with Crippen LogP contribution in [0.3, 0.4) is 0 Å². The van der Waals surface area contributed by atoms with Crippen LogP contribution in [0.4, 0.5) is 0 Å². The third-order valence-electron chi connectivity index (χ3n) is 3.45. The molecule has 1 aliphatic rings. The Kier molecular flexibility index (Phi) is 5.21. The lowest BCUT2D eigenvalue weighted by Gasteiger charge is -2.37. The molecule has 4 nitrogen and oxygen atoms in total. The van der Waals surface area contributed by atoms with Crippen LogP contribution in [0.2, 0.25) is 0 Å². The topological polar surface area (TPSA) is 49.4 Å². The molecule has 0 saturated carbocycles. The number of rotatable bonds is 5. The van der Waals surface area contributed by atoms with Crippen LogP contribution in [0.5, 0.6) is 0 Å². The third kappa shape index (κ3) is 3.18. The van der Waals surface area contributed by atoms with Crippen LogP contribution in [-0.2, 0) is 10.0 Å². The number of nitrogens with zero attached hydrogens (tertiary/aromatic N) is 1. The van der Waals surface area contributed by atoms with E-state index in [1.165, 1.54) is 0 Å². The van der Waals surface area contributed by atoms with Crippen LogP contribution in [0.15, 0.2) is 0 Å². The molecule has 0 aromatic heterocycles. The van der Waals surface area contributed by atoms with E-state index in [0.717, 1.165) is 19.4 Å². The molecule has 0 aromatic carbocycles. The highest BCUT2D eigenvalue weighted by atomic mass is 32.2. The summed E-state index contributed by atoms with van der Waals surface area (Å²) in [5.74, 6) is 0.671. The molecule has 1 aliphatic heterocycles. The highest BCUT2D eigenvalue weighted by molar-refractivity contribution is 7.89. The van der Waals surface area contributed by atoms with Gasteiger partial charge in [-0.1, -0.05) is 20.3 Å². The highest BCUT2D eigenvalue weighted by Crippen LogP contribution is 2.22. The Morgan fingerprint density at radius 3 is 2.50 bits per heavy atom. The predicted octanol–water partition coefficient (Wildman–Crippen LogP) is 1.05. The summed E-state index contributed by atoms with van der Waals surface area (Å²) in [5, 5.41) is 3.45. The Balaban J connectivity index is 2.65. The first-order valence-electron chi connectivity index (χ1n) is 6.26. The Bertz CT molecular complexity index is 303. The highest BCUT2D eigenvalue weighted by Gasteiger charge is 2.32. The molecule has 5 heteroatoms. The largest absolute Gasteiger partial charge is 0.314 e. The van der Waals surface area contributed by atoms with Crippen LogP contribution >= 0.6 is 0 Å². The van der Waals surface area contributed by atoms with Crippen molar-refractivity contribution in [3.8, 4) is 0 Å². The zero-order chi connectivity index (χ0) is 12.2. The van der Waals surface area contributed by atoms with Gasteiger partial charge in [-0.2, -0.15) is 0 Å². The second-order valence-corrected chi connectivity index (χ2v) is 6.64. The molecule has 0 bridgehead atoms. The van der Waals surface area contributed by atoms with Gasteiger partial charge in [-0.3, -0.25) is 0 Å². The standard InChI is InChI=1S/C11H24N2O2S/c1-4-10-9-13(16(14,15)6-3)8-7-11(10)12-5-2/h10-12H,4-9H2,1-3H3. The van der Waals surface area contributed by atoms with Crippen molar-refractivity contribution in [3.63, 3.8) is 0 Å². The quantitative estimate of drug-likeness (QED) is 0.791. The number of hydrogen-bond acceptors (Lipinski definition) is 3. The molecule has 0 spiro atoms. The van der Waals surface area contributed by atoms with Gasteiger partial charge in [0.2, 0.25) is 10.0 Å². The van der Waals surface area contributed by atoms with Gasteiger partial charge in [-0.15, -0.1) is 0 Å². The lowest BCUT2D eigenvalue weighted by molar-refractivity contribution is 0.204. The zero-order valence-electron chi connectivity index (χ0n) is 10.6. The fourth-order valence-corrected chi connectivity index (χ4v) is 3.55. The minimum Gasteiger partial charge on any atom is -0.314 e. The third-order valence-corrected chi connectivity index (χ3v) is 5.29. The summed E-state index contributed by atoms with van der Waals surface area (Å²) in [4.78, 5) is 0. The maximum absolute atomic E-state index is 11.8. The van der Waals surface area contributed by atoms with Crippen molar-refractivity contribution < 1.29 is 8.42 Å². The number of piperidine rings is 1. The normalized spacial score (nSPS) is 28.2. The lowest BCUT2D eigenvalue weighted by Crippen LogP contribution is -2.51. The van der Waals surface area contributed by atoms with Gasteiger partial charge >= 0.3 is 0 Å². The van der Waals surface area contributed by atoms with Crippen molar-refractivity contribution in [2.45, 2.75) is 39.7 Å². The Hall–Kier alpha value is -0.130. The molecule has 1 rings (SSSR count). The molecule has 0 aromatic rings. The van der Waals surface area contributed by atoms with E-state index in [1.54, 1.807) is 11.2 Å². The van der Waals surface area contributed by atoms with E-state index < -0.39 is 10.0 Å². The first-order valence-corrected chi connectivity index (χ1v) is 7.87. The van der Waals surface area contributed by atoms with Crippen molar-refractivity contribution in [1.29, 1.82) is 0 Å². The van der Waals surface area contributed by atoms with E-state index in [-0.39, 0.29) is 5.75 Å². The Morgan fingerprint density at radius 1 is 1.31 bits per heavy atom. The van der Waals surface area contributed by atoms with Crippen molar-refractivity contribution in [1.82, 2.24) is 9.62 Å². The molecule has 0 amide bonds. The number of nitrogens with one attached hydrogen (secondary N) is 1. The van der Waals surface area contributed by atoms with Crippen LogP contribution in [0.25, 0.3) is 0 Å². The molecule has 1 N–H and O–H groups in total. The minimum atomic E-state index is -3.00. The number of hydrogen-bond donors (Lipinski definition) is 1.